The average Bonchev–Trinajstić information content (AvgIpc) is 2.19. The third-order valence-corrected chi connectivity index (χ3v) is 3.26. The SMILES string of the molecule is CCCc1cc(C(CC)C(C)Br)ncn1. The first-order valence-electron chi connectivity index (χ1n) is 5.63. The zero-order valence-electron chi connectivity index (χ0n) is 9.70. The van der Waals surface area contributed by atoms with Crippen LogP contribution in [0.15, 0.2) is 12.4 Å². The molecule has 0 aliphatic carbocycles. The van der Waals surface area contributed by atoms with Crippen LogP contribution in [-0.2, 0) is 6.42 Å². The van der Waals surface area contributed by atoms with Gasteiger partial charge in [-0.3, -0.25) is 0 Å². The van der Waals surface area contributed by atoms with E-state index in [4.69, 9.17) is 0 Å². The first-order valence-corrected chi connectivity index (χ1v) is 6.55. The summed E-state index contributed by atoms with van der Waals surface area (Å²) in [5, 5.41) is 0. The van der Waals surface area contributed by atoms with Crippen LogP contribution in [0.3, 0.4) is 0 Å². The second-order valence-corrected chi connectivity index (χ2v) is 5.32. The first kappa shape index (κ1) is 12.6. The highest BCUT2D eigenvalue weighted by Gasteiger charge is 2.16. The van der Waals surface area contributed by atoms with Crippen molar-refractivity contribution in [2.24, 2.45) is 0 Å². The Kier molecular flexibility index (Phi) is 5.23. The van der Waals surface area contributed by atoms with Gasteiger partial charge >= 0.3 is 0 Å². The van der Waals surface area contributed by atoms with Crippen molar-refractivity contribution in [3.63, 3.8) is 0 Å². The largest absolute Gasteiger partial charge is 0.241 e. The van der Waals surface area contributed by atoms with Crippen LogP contribution in [-0.4, -0.2) is 14.8 Å². The van der Waals surface area contributed by atoms with Crippen molar-refractivity contribution in [2.45, 2.75) is 50.8 Å². The molecular formula is C12H19BrN2. The van der Waals surface area contributed by atoms with E-state index in [2.05, 4.69) is 52.7 Å². The molecular weight excluding hydrogens is 252 g/mol. The molecule has 84 valence electrons. The molecule has 2 unspecified atom stereocenters. The molecule has 3 heteroatoms. The van der Waals surface area contributed by atoms with Gasteiger partial charge in [-0.1, -0.05) is 43.1 Å². The van der Waals surface area contributed by atoms with Gasteiger partial charge in [0.15, 0.2) is 0 Å². The molecule has 1 heterocycles. The van der Waals surface area contributed by atoms with Crippen molar-refractivity contribution >= 4 is 15.9 Å². The zero-order chi connectivity index (χ0) is 11.3. The number of nitrogens with zero attached hydrogens (tertiary/aromatic N) is 2. The van der Waals surface area contributed by atoms with Gasteiger partial charge in [-0.25, -0.2) is 9.97 Å². The molecule has 1 aromatic heterocycles. The van der Waals surface area contributed by atoms with Gasteiger partial charge < -0.3 is 0 Å². The Bertz CT molecular complexity index is 299. The minimum absolute atomic E-state index is 0.465. The Labute approximate surface area is 101 Å². The lowest BCUT2D eigenvalue weighted by atomic mass is 9.98. The van der Waals surface area contributed by atoms with Crippen molar-refractivity contribution in [3.05, 3.63) is 23.8 Å². The van der Waals surface area contributed by atoms with Crippen LogP contribution in [0.4, 0.5) is 0 Å². The quantitative estimate of drug-likeness (QED) is 0.763. The molecule has 0 saturated carbocycles. The standard InChI is InChI=1S/C12H19BrN2/c1-4-6-10-7-12(15-8-14-10)11(5-2)9(3)13/h7-9,11H,4-6H2,1-3H3. The van der Waals surface area contributed by atoms with E-state index >= 15 is 0 Å². The van der Waals surface area contributed by atoms with Crippen LogP contribution >= 0.6 is 15.9 Å². The Morgan fingerprint density at radius 2 is 2.07 bits per heavy atom. The van der Waals surface area contributed by atoms with Gasteiger partial charge in [-0.05, 0) is 18.9 Å². The topological polar surface area (TPSA) is 25.8 Å². The Balaban J connectivity index is 2.87. The maximum Gasteiger partial charge on any atom is 0.115 e. The number of halogens is 1. The lowest BCUT2D eigenvalue weighted by molar-refractivity contribution is 0.638. The van der Waals surface area contributed by atoms with Crippen LogP contribution < -0.4 is 0 Å². The highest BCUT2D eigenvalue weighted by atomic mass is 79.9. The highest BCUT2D eigenvalue weighted by Crippen LogP contribution is 2.26. The number of hydrogen-bond acceptors (Lipinski definition) is 2. The van der Waals surface area contributed by atoms with E-state index in [1.54, 1.807) is 6.33 Å². The van der Waals surface area contributed by atoms with Crippen LogP contribution in [0.1, 0.15) is 50.9 Å². The van der Waals surface area contributed by atoms with Crippen LogP contribution in [0.5, 0.6) is 0 Å². The third kappa shape index (κ3) is 3.56. The molecule has 0 N–H and O–H groups in total. The van der Waals surface area contributed by atoms with Crippen LogP contribution in [0.2, 0.25) is 0 Å². The zero-order valence-corrected chi connectivity index (χ0v) is 11.3. The van der Waals surface area contributed by atoms with Gasteiger partial charge in [0.05, 0.1) is 0 Å². The van der Waals surface area contributed by atoms with Gasteiger partial charge in [0.25, 0.3) is 0 Å². The normalized spacial score (nSPS) is 14.9. The highest BCUT2D eigenvalue weighted by molar-refractivity contribution is 9.09. The van der Waals surface area contributed by atoms with E-state index in [-0.39, 0.29) is 0 Å². The summed E-state index contributed by atoms with van der Waals surface area (Å²) in [7, 11) is 0. The Morgan fingerprint density at radius 3 is 2.60 bits per heavy atom. The van der Waals surface area contributed by atoms with E-state index in [9.17, 15) is 0 Å². The first-order chi connectivity index (χ1) is 7.19. The Morgan fingerprint density at radius 1 is 1.33 bits per heavy atom. The summed E-state index contributed by atoms with van der Waals surface area (Å²) in [4.78, 5) is 9.12. The molecule has 15 heavy (non-hydrogen) atoms. The van der Waals surface area contributed by atoms with Crippen LogP contribution in [0.25, 0.3) is 0 Å². The summed E-state index contributed by atoms with van der Waals surface area (Å²) < 4.78 is 0. The molecule has 0 aromatic carbocycles. The summed E-state index contributed by atoms with van der Waals surface area (Å²) in [6.45, 7) is 6.55. The molecule has 2 nitrogen and oxygen atoms in total. The molecule has 0 spiro atoms. The molecule has 0 bridgehead atoms. The lowest BCUT2D eigenvalue weighted by Crippen LogP contribution is -2.10. The van der Waals surface area contributed by atoms with Crippen molar-refractivity contribution in [1.29, 1.82) is 0 Å². The van der Waals surface area contributed by atoms with Gasteiger partial charge in [0.1, 0.15) is 6.33 Å². The molecule has 1 aromatic rings. The van der Waals surface area contributed by atoms with Crippen molar-refractivity contribution in [1.82, 2.24) is 9.97 Å². The molecule has 0 radical (unpaired) electrons. The molecule has 0 saturated heterocycles. The third-order valence-electron chi connectivity index (χ3n) is 2.63. The van der Waals surface area contributed by atoms with Crippen molar-refractivity contribution in [2.75, 3.05) is 0 Å². The van der Waals surface area contributed by atoms with Gasteiger partial charge in [-0.15, -0.1) is 0 Å². The van der Waals surface area contributed by atoms with E-state index in [1.807, 2.05) is 0 Å². The fourth-order valence-corrected chi connectivity index (χ4v) is 2.42. The number of rotatable bonds is 5. The van der Waals surface area contributed by atoms with Crippen molar-refractivity contribution in [3.8, 4) is 0 Å². The van der Waals surface area contributed by atoms with E-state index in [0.29, 0.717) is 10.7 Å². The Hall–Kier alpha value is -0.440. The summed E-state index contributed by atoms with van der Waals surface area (Å²) in [5.74, 6) is 0.489. The van der Waals surface area contributed by atoms with Gasteiger partial charge in [-0.2, -0.15) is 0 Å². The molecule has 0 fully saturated rings. The predicted octanol–water partition coefficient (Wildman–Crippen LogP) is 3.71. The van der Waals surface area contributed by atoms with Crippen LogP contribution in [0, 0.1) is 0 Å². The fraction of sp³-hybridized carbons (Fsp3) is 0.667. The van der Waals surface area contributed by atoms with Gasteiger partial charge in [0.2, 0.25) is 0 Å². The molecule has 2 atom stereocenters. The fourth-order valence-electron chi connectivity index (χ4n) is 1.78. The van der Waals surface area contributed by atoms with E-state index in [0.717, 1.165) is 25.0 Å². The lowest BCUT2D eigenvalue weighted by Gasteiger charge is -2.17. The number of aromatic nitrogens is 2. The molecule has 0 amide bonds. The second kappa shape index (κ2) is 6.21. The minimum Gasteiger partial charge on any atom is -0.241 e. The molecule has 0 aliphatic heterocycles. The number of aryl methyl sites for hydroxylation is 1. The van der Waals surface area contributed by atoms with E-state index < -0.39 is 0 Å². The number of alkyl halides is 1. The average molecular weight is 271 g/mol. The maximum atomic E-state index is 4.37. The second-order valence-electron chi connectivity index (χ2n) is 3.88. The monoisotopic (exact) mass is 270 g/mol. The summed E-state index contributed by atoms with van der Waals surface area (Å²) >= 11 is 3.64. The van der Waals surface area contributed by atoms with Crippen molar-refractivity contribution < 1.29 is 0 Å². The summed E-state index contributed by atoms with van der Waals surface area (Å²) in [6, 6.07) is 2.15. The summed E-state index contributed by atoms with van der Waals surface area (Å²) in [5.41, 5.74) is 2.33. The molecule has 1 rings (SSSR count). The van der Waals surface area contributed by atoms with E-state index in [1.165, 1.54) is 5.69 Å². The minimum atomic E-state index is 0.465. The maximum absolute atomic E-state index is 4.37. The summed E-state index contributed by atoms with van der Waals surface area (Å²) in [6.07, 6.45) is 4.98. The van der Waals surface area contributed by atoms with Gasteiger partial charge in [0, 0.05) is 22.1 Å². The number of hydrogen-bond donors (Lipinski definition) is 0. The molecule has 0 aliphatic rings. The smallest absolute Gasteiger partial charge is 0.115 e. The predicted molar refractivity (Wildman–Crippen MR) is 67.4 cm³/mol.